The molecule has 1 saturated carbocycles. The predicted octanol–water partition coefficient (Wildman–Crippen LogP) is 3.62. The number of benzene rings is 1. The zero-order valence-corrected chi connectivity index (χ0v) is 13.6. The largest absolute Gasteiger partial charge is 0.243 e. The SMILES string of the molecule is CC(C)CCN(C1CC1)S(=O)(=O)c1ccc(CCl)cc1. The van der Waals surface area contributed by atoms with Gasteiger partial charge in [-0.1, -0.05) is 26.0 Å². The molecule has 0 bridgehead atoms. The highest BCUT2D eigenvalue weighted by Crippen LogP contribution is 2.32. The maximum absolute atomic E-state index is 12.7. The van der Waals surface area contributed by atoms with E-state index < -0.39 is 10.0 Å². The number of hydrogen-bond acceptors (Lipinski definition) is 2. The van der Waals surface area contributed by atoms with E-state index >= 15 is 0 Å². The minimum Gasteiger partial charge on any atom is -0.207 e. The first-order valence-corrected chi connectivity index (χ1v) is 9.09. The van der Waals surface area contributed by atoms with Crippen molar-refractivity contribution in [3.63, 3.8) is 0 Å². The van der Waals surface area contributed by atoms with Crippen LogP contribution in [0.15, 0.2) is 29.2 Å². The number of sulfonamides is 1. The molecule has 0 spiro atoms. The van der Waals surface area contributed by atoms with E-state index in [-0.39, 0.29) is 6.04 Å². The van der Waals surface area contributed by atoms with Crippen LogP contribution in [-0.4, -0.2) is 25.3 Å². The zero-order valence-electron chi connectivity index (χ0n) is 12.0. The highest BCUT2D eigenvalue weighted by molar-refractivity contribution is 7.89. The van der Waals surface area contributed by atoms with Crippen molar-refractivity contribution in [2.24, 2.45) is 5.92 Å². The van der Waals surface area contributed by atoms with Crippen LogP contribution in [0.25, 0.3) is 0 Å². The molecule has 112 valence electrons. The van der Waals surface area contributed by atoms with Gasteiger partial charge in [-0.25, -0.2) is 8.42 Å². The van der Waals surface area contributed by atoms with E-state index in [0.29, 0.717) is 23.2 Å². The number of halogens is 1. The lowest BCUT2D eigenvalue weighted by molar-refractivity contribution is 0.373. The van der Waals surface area contributed by atoms with Gasteiger partial charge in [-0.15, -0.1) is 11.6 Å². The van der Waals surface area contributed by atoms with Crippen LogP contribution in [-0.2, 0) is 15.9 Å². The lowest BCUT2D eigenvalue weighted by atomic mass is 10.1. The van der Waals surface area contributed by atoms with Crippen LogP contribution in [0, 0.1) is 5.92 Å². The summed E-state index contributed by atoms with van der Waals surface area (Å²) in [6.07, 6.45) is 2.86. The molecule has 0 radical (unpaired) electrons. The maximum atomic E-state index is 12.7. The van der Waals surface area contributed by atoms with Gasteiger partial charge in [0.2, 0.25) is 10.0 Å². The van der Waals surface area contributed by atoms with E-state index in [0.717, 1.165) is 24.8 Å². The molecule has 0 saturated heterocycles. The van der Waals surface area contributed by atoms with Crippen molar-refractivity contribution in [1.29, 1.82) is 0 Å². The van der Waals surface area contributed by atoms with Crippen LogP contribution in [0.4, 0.5) is 0 Å². The minimum atomic E-state index is -3.37. The lowest BCUT2D eigenvalue weighted by Crippen LogP contribution is -2.34. The fraction of sp³-hybridized carbons (Fsp3) is 0.600. The van der Waals surface area contributed by atoms with Crippen molar-refractivity contribution in [1.82, 2.24) is 4.31 Å². The summed E-state index contributed by atoms with van der Waals surface area (Å²) in [5.74, 6) is 0.907. The quantitative estimate of drug-likeness (QED) is 0.721. The highest BCUT2D eigenvalue weighted by Gasteiger charge is 2.37. The molecule has 5 heteroatoms. The molecule has 1 aromatic carbocycles. The maximum Gasteiger partial charge on any atom is 0.243 e. The van der Waals surface area contributed by atoms with Crippen LogP contribution >= 0.6 is 11.6 Å². The summed E-state index contributed by atoms with van der Waals surface area (Å²) in [6.45, 7) is 4.85. The first-order chi connectivity index (χ1) is 9.45. The van der Waals surface area contributed by atoms with E-state index in [9.17, 15) is 8.42 Å². The molecular weight excluding hydrogens is 294 g/mol. The molecule has 0 heterocycles. The van der Waals surface area contributed by atoms with Crippen LogP contribution in [0.1, 0.15) is 38.7 Å². The van der Waals surface area contributed by atoms with Gasteiger partial charge in [0.25, 0.3) is 0 Å². The summed E-state index contributed by atoms with van der Waals surface area (Å²) in [5.41, 5.74) is 0.936. The van der Waals surface area contributed by atoms with Gasteiger partial charge >= 0.3 is 0 Å². The Balaban J connectivity index is 2.20. The fourth-order valence-corrected chi connectivity index (χ4v) is 4.01. The van der Waals surface area contributed by atoms with Crippen LogP contribution in [0.3, 0.4) is 0 Å². The Morgan fingerprint density at radius 3 is 2.30 bits per heavy atom. The van der Waals surface area contributed by atoms with Crippen molar-refractivity contribution >= 4 is 21.6 Å². The van der Waals surface area contributed by atoms with Gasteiger partial charge in [0.05, 0.1) is 4.90 Å². The Morgan fingerprint density at radius 1 is 1.25 bits per heavy atom. The number of nitrogens with zero attached hydrogens (tertiary/aromatic N) is 1. The molecule has 20 heavy (non-hydrogen) atoms. The minimum absolute atomic E-state index is 0.200. The third-order valence-electron chi connectivity index (χ3n) is 3.57. The average Bonchev–Trinajstić information content (AvgIpc) is 3.23. The Hall–Kier alpha value is -0.580. The molecule has 0 N–H and O–H groups in total. The lowest BCUT2D eigenvalue weighted by Gasteiger charge is -2.22. The number of alkyl halides is 1. The molecule has 2 rings (SSSR count). The Bertz CT molecular complexity index is 535. The summed E-state index contributed by atoms with van der Waals surface area (Å²) in [4.78, 5) is 0.377. The second-order valence-corrected chi connectivity index (χ2v) is 7.96. The van der Waals surface area contributed by atoms with Gasteiger partial charge < -0.3 is 0 Å². The van der Waals surface area contributed by atoms with Crippen molar-refractivity contribution < 1.29 is 8.42 Å². The molecule has 0 amide bonds. The zero-order chi connectivity index (χ0) is 14.8. The molecule has 1 aliphatic carbocycles. The van der Waals surface area contributed by atoms with Gasteiger partial charge in [0.1, 0.15) is 0 Å². The molecular formula is C15H22ClNO2S. The smallest absolute Gasteiger partial charge is 0.207 e. The highest BCUT2D eigenvalue weighted by atomic mass is 35.5. The molecule has 1 aliphatic rings. The van der Waals surface area contributed by atoms with Crippen LogP contribution in [0.5, 0.6) is 0 Å². The number of rotatable bonds is 7. The molecule has 3 nitrogen and oxygen atoms in total. The van der Waals surface area contributed by atoms with Crippen LogP contribution < -0.4 is 0 Å². The normalized spacial score (nSPS) is 16.1. The molecule has 1 aromatic rings. The average molecular weight is 316 g/mol. The molecule has 0 aromatic heterocycles. The summed E-state index contributed by atoms with van der Waals surface area (Å²) in [7, 11) is -3.37. The van der Waals surface area contributed by atoms with Gasteiger partial charge in [0, 0.05) is 18.5 Å². The second kappa shape index (κ2) is 6.46. The van der Waals surface area contributed by atoms with Crippen molar-refractivity contribution in [3.8, 4) is 0 Å². The fourth-order valence-electron chi connectivity index (χ4n) is 2.13. The van der Waals surface area contributed by atoms with Gasteiger partial charge in [-0.2, -0.15) is 4.31 Å². The Morgan fingerprint density at radius 2 is 1.85 bits per heavy atom. The number of hydrogen-bond donors (Lipinski definition) is 0. The summed E-state index contributed by atoms with van der Waals surface area (Å²) in [5, 5.41) is 0. The van der Waals surface area contributed by atoms with E-state index in [2.05, 4.69) is 13.8 Å². The van der Waals surface area contributed by atoms with E-state index in [1.165, 1.54) is 0 Å². The second-order valence-electron chi connectivity index (χ2n) is 5.81. The molecule has 0 aliphatic heterocycles. The molecule has 1 fully saturated rings. The first kappa shape index (κ1) is 15.8. The third kappa shape index (κ3) is 3.74. The van der Waals surface area contributed by atoms with E-state index in [1.807, 2.05) is 0 Å². The van der Waals surface area contributed by atoms with Gasteiger partial charge in [-0.3, -0.25) is 0 Å². The van der Waals surface area contributed by atoms with Crippen molar-refractivity contribution in [3.05, 3.63) is 29.8 Å². The topological polar surface area (TPSA) is 37.4 Å². The third-order valence-corrected chi connectivity index (χ3v) is 5.84. The Kier molecular flexibility index (Phi) is 5.10. The van der Waals surface area contributed by atoms with E-state index in [1.54, 1.807) is 28.6 Å². The Labute approximate surface area is 127 Å². The van der Waals surface area contributed by atoms with Crippen molar-refractivity contribution in [2.75, 3.05) is 6.54 Å². The van der Waals surface area contributed by atoms with Crippen LogP contribution in [0.2, 0.25) is 0 Å². The summed E-state index contributed by atoms with van der Waals surface area (Å²) in [6, 6.07) is 7.10. The predicted molar refractivity (Wildman–Crippen MR) is 82.4 cm³/mol. The first-order valence-electron chi connectivity index (χ1n) is 7.12. The summed E-state index contributed by atoms with van der Waals surface area (Å²) >= 11 is 5.74. The van der Waals surface area contributed by atoms with Gasteiger partial charge in [-0.05, 0) is 42.9 Å². The monoisotopic (exact) mass is 315 g/mol. The standard InChI is InChI=1S/C15H22ClNO2S/c1-12(2)9-10-17(14-5-6-14)20(18,19)15-7-3-13(11-16)4-8-15/h3-4,7-8,12,14H,5-6,9-11H2,1-2H3. The molecule has 0 unspecified atom stereocenters. The van der Waals surface area contributed by atoms with E-state index in [4.69, 9.17) is 11.6 Å². The van der Waals surface area contributed by atoms with Crippen molar-refractivity contribution in [2.45, 2.75) is 49.9 Å². The van der Waals surface area contributed by atoms with Gasteiger partial charge in [0.15, 0.2) is 0 Å². The summed E-state index contributed by atoms with van der Waals surface area (Å²) < 4.78 is 27.1. The molecule has 0 atom stereocenters.